The summed E-state index contributed by atoms with van der Waals surface area (Å²) >= 11 is -0.552. The molecule has 0 fully saturated rings. The first-order valence-electron chi connectivity index (χ1n) is 6.18. The maximum atomic E-state index is 2.33. The third-order valence-electron chi connectivity index (χ3n) is 2.65. The number of hydrogen-bond donors (Lipinski definition) is 0. The van der Waals surface area contributed by atoms with Crippen molar-refractivity contribution in [3.63, 3.8) is 0 Å². The molecule has 0 aliphatic carbocycles. The number of hydrogen-bond acceptors (Lipinski definition) is 0. The van der Waals surface area contributed by atoms with Gasteiger partial charge in [-0.1, -0.05) is 0 Å². The van der Waals surface area contributed by atoms with Crippen molar-refractivity contribution >= 4 is 14.3 Å². The van der Waals surface area contributed by atoms with Crippen molar-refractivity contribution in [3.05, 3.63) is 0 Å². The van der Waals surface area contributed by atoms with E-state index in [1.807, 2.05) is 0 Å². The maximum absolute atomic E-state index is 2.33. The van der Waals surface area contributed by atoms with Crippen LogP contribution < -0.4 is 17.0 Å². The molecule has 0 aliphatic heterocycles. The van der Waals surface area contributed by atoms with E-state index < -0.39 is 14.3 Å². The van der Waals surface area contributed by atoms with Crippen LogP contribution in [-0.4, -0.2) is 14.3 Å². The maximum Gasteiger partial charge on any atom is -1.00 e. The molecule has 14 heavy (non-hydrogen) atoms. The van der Waals surface area contributed by atoms with Gasteiger partial charge in [0.1, 0.15) is 0 Å². The van der Waals surface area contributed by atoms with Gasteiger partial charge in [0.2, 0.25) is 0 Å². The van der Waals surface area contributed by atoms with Crippen LogP contribution in [0.1, 0.15) is 59.3 Å². The normalized spacial score (nSPS) is 9.64. The molecule has 0 spiro atoms. The fourth-order valence-electron chi connectivity index (χ4n) is 1.66. The van der Waals surface area contributed by atoms with Gasteiger partial charge in [-0.15, -0.1) is 0 Å². The fraction of sp³-hybridized carbons (Fsp3) is 1.00. The summed E-state index contributed by atoms with van der Waals surface area (Å²) in [5, 5.41) is 4.95. The summed E-state index contributed by atoms with van der Waals surface area (Å²) in [6, 6.07) is 0. The van der Waals surface area contributed by atoms with E-state index >= 15 is 0 Å². The molecular weight excluding hydrogens is 297 g/mol. The predicted octanol–water partition coefficient (Wildman–Crippen LogP) is 1.89. The summed E-state index contributed by atoms with van der Waals surface area (Å²) in [6.07, 6.45) is 8.78. The van der Waals surface area contributed by atoms with Crippen LogP contribution >= 0.6 is 0 Å². The molecule has 0 aromatic rings. The molecule has 86 valence electrons. The van der Waals surface area contributed by atoms with Crippen LogP contribution in [0, 0.1) is 0 Å². The molecule has 0 amide bonds. The number of unbranched alkanes of at least 4 members (excludes halogenated alkanes) is 3. The van der Waals surface area contributed by atoms with Crippen LogP contribution in [0.5, 0.6) is 0 Å². The molecule has 0 saturated heterocycles. The van der Waals surface area contributed by atoms with Crippen molar-refractivity contribution < 1.29 is 17.0 Å². The first-order chi connectivity index (χ1) is 6.35. The van der Waals surface area contributed by atoms with E-state index in [0.717, 1.165) is 0 Å². The molecule has 0 nitrogen and oxygen atoms in total. The van der Waals surface area contributed by atoms with Gasteiger partial charge in [0.15, 0.2) is 0 Å². The van der Waals surface area contributed by atoms with Gasteiger partial charge < -0.3 is 17.0 Å². The Labute approximate surface area is 106 Å². The molecule has 0 N–H and O–H groups in total. The fourth-order valence-corrected chi connectivity index (χ4v) is 8.60. The Hall–Kier alpha value is 1.02. The van der Waals surface area contributed by atoms with Gasteiger partial charge in [0.25, 0.3) is 0 Å². The van der Waals surface area contributed by atoms with Gasteiger partial charge >= 0.3 is 89.4 Å². The second-order valence-corrected chi connectivity index (χ2v) is 10.4. The van der Waals surface area contributed by atoms with Gasteiger partial charge in [-0.2, -0.15) is 0 Å². The smallest absolute Gasteiger partial charge is 1.00 e. The van der Waals surface area contributed by atoms with Gasteiger partial charge in [-0.05, 0) is 0 Å². The zero-order valence-electron chi connectivity index (χ0n) is 10.2. The van der Waals surface area contributed by atoms with Crippen molar-refractivity contribution in [1.29, 1.82) is 0 Å². The van der Waals surface area contributed by atoms with E-state index in [4.69, 9.17) is 0 Å². The standard InChI is InChI=1S/C12H27Ge.BrH/c1-4-7-10-13(11-8-5-2)12-9-6-3;/h4-12H2,1-3H3;1H/q+1;/p-1. The molecule has 0 aromatic carbocycles. The van der Waals surface area contributed by atoms with Crippen molar-refractivity contribution in [1.82, 2.24) is 0 Å². The molecule has 0 heterocycles. The van der Waals surface area contributed by atoms with E-state index in [2.05, 4.69) is 20.8 Å². The SMILES string of the molecule is CCC[CH2][Ge+]([CH2]CCC)[CH2]CCC.[Br-]. The molecule has 0 bridgehead atoms. The Bertz CT molecular complexity index is 77.3. The molecular formula is C12H27BrGe. The van der Waals surface area contributed by atoms with E-state index in [1.165, 1.54) is 38.5 Å². The Morgan fingerprint density at radius 1 is 0.643 bits per heavy atom. The zero-order valence-corrected chi connectivity index (χ0v) is 13.9. The van der Waals surface area contributed by atoms with Gasteiger partial charge in [0.05, 0.1) is 0 Å². The Kier molecular flexibility index (Phi) is 17.4. The number of halogens is 1. The summed E-state index contributed by atoms with van der Waals surface area (Å²) in [4.78, 5) is 0. The molecule has 0 rings (SSSR count). The average molecular weight is 324 g/mol. The second-order valence-electron chi connectivity index (χ2n) is 4.06. The van der Waals surface area contributed by atoms with Crippen molar-refractivity contribution in [2.75, 3.05) is 0 Å². The van der Waals surface area contributed by atoms with Crippen LogP contribution in [0.4, 0.5) is 0 Å². The van der Waals surface area contributed by atoms with Gasteiger partial charge in [0, 0.05) is 0 Å². The van der Waals surface area contributed by atoms with Gasteiger partial charge in [-0.3, -0.25) is 0 Å². The third-order valence-corrected chi connectivity index (χ3v) is 9.33. The first-order valence-corrected chi connectivity index (χ1v) is 10.6. The largest absolute Gasteiger partial charge is 1.00 e. The number of rotatable bonds is 9. The van der Waals surface area contributed by atoms with E-state index in [1.54, 1.807) is 15.8 Å². The summed E-state index contributed by atoms with van der Waals surface area (Å²) < 4.78 is 0. The molecule has 0 unspecified atom stereocenters. The van der Waals surface area contributed by atoms with Crippen LogP contribution in [0.15, 0.2) is 0 Å². The van der Waals surface area contributed by atoms with E-state index in [9.17, 15) is 0 Å². The van der Waals surface area contributed by atoms with Crippen LogP contribution in [-0.2, 0) is 0 Å². The second kappa shape index (κ2) is 14.0. The summed E-state index contributed by atoms with van der Waals surface area (Å²) in [5.41, 5.74) is 0. The molecule has 0 saturated carbocycles. The Morgan fingerprint density at radius 2 is 0.929 bits per heavy atom. The third kappa shape index (κ3) is 11.1. The monoisotopic (exact) mass is 324 g/mol. The summed E-state index contributed by atoms with van der Waals surface area (Å²) in [6.45, 7) is 6.99. The minimum atomic E-state index is -0.552. The molecule has 0 aliphatic rings. The zero-order chi connectivity index (χ0) is 9.94. The minimum Gasteiger partial charge on any atom is -1.00 e. The van der Waals surface area contributed by atoms with E-state index in [0.29, 0.717) is 0 Å². The quantitative estimate of drug-likeness (QED) is 0.568. The van der Waals surface area contributed by atoms with Gasteiger partial charge in [-0.25, -0.2) is 0 Å². The minimum absolute atomic E-state index is 0. The average Bonchev–Trinajstić information content (AvgIpc) is 2.17. The van der Waals surface area contributed by atoms with Crippen molar-refractivity contribution in [3.8, 4) is 0 Å². The topological polar surface area (TPSA) is 0 Å². The molecule has 2 heteroatoms. The van der Waals surface area contributed by atoms with Crippen molar-refractivity contribution in [2.24, 2.45) is 0 Å². The van der Waals surface area contributed by atoms with Crippen LogP contribution in [0.25, 0.3) is 0 Å². The van der Waals surface area contributed by atoms with Crippen LogP contribution in [0.3, 0.4) is 0 Å². The van der Waals surface area contributed by atoms with E-state index in [-0.39, 0.29) is 17.0 Å². The molecule has 0 aromatic heterocycles. The summed E-state index contributed by atoms with van der Waals surface area (Å²) in [5.74, 6) is 0. The molecule has 0 atom stereocenters. The van der Waals surface area contributed by atoms with Crippen LogP contribution in [0.2, 0.25) is 15.8 Å². The summed E-state index contributed by atoms with van der Waals surface area (Å²) in [7, 11) is 0. The molecule has 0 radical (unpaired) electrons. The Balaban J connectivity index is 0. The predicted molar refractivity (Wildman–Crippen MR) is 64.9 cm³/mol. The Morgan fingerprint density at radius 3 is 1.14 bits per heavy atom. The first kappa shape index (κ1) is 17.4. The van der Waals surface area contributed by atoms with Crippen molar-refractivity contribution in [2.45, 2.75) is 75.1 Å².